The van der Waals surface area contributed by atoms with Crippen LogP contribution in [-0.4, -0.2) is 23.9 Å². The van der Waals surface area contributed by atoms with Gasteiger partial charge in [-0.1, -0.05) is 11.1 Å². The summed E-state index contributed by atoms with van der Waals surface area (Å²) < 4.78 is 0. The van der Waals surface area contributed by atoms with E-state index >= 15 is 0 Å². The summed E-state index contributed by atoms with van der Waals surface area (Å²) in [7, 11) is 0. The van der Waals surface area contributed by atoms with E-state index in [-0.39, 0.29) is 0 Å². The molecule has 0 aromatic heterocycles. The summed E-state index contributed by atoms with van der Waals surface area (Å²) in [5.74, 6) is 3.38. The van der Waals surface area contributed by atoms with Gasteiger partial charge in [-0.25, -0.2) is 0 Å². The number of piperidine rings is 1. The van der Waals surface area contributed by atoms with Gasteiger partial charge in [0.25, 0.3) is 0 Å². The van der Waals surface area contributed by atoms with Crippen molar-refractivity contribution in [3.05, 3.63) is 11.1 Å². The van der Waals surface area contributed by atoms with Gasteiger partial charge in [-0.05, 0) is 87.4 Å². The molecule has 6 rings (SSSR count). The SMILES string of the molecule is O=C(CC12CC3CC(CC(C3)C1)C2)N1CCC(=C2CC2)CC1. The fourth-order valence-corrected chi connectivity index (χ4v) is 6.73. The molecule has 1 saturated heterocycles. The Kier molecular flexibility index (Phi) is 3.01. The molecular formula is C20H29NO. The highest BCUT2D eigenvalue weighted by Crippen LogP contribution is 2.61. The lowest BCUT2D eigenvalue weighted by Gasteiger charge is -2.57. The summed E-state index contributed by atoms with van der Waals surface area (Å²) in [6.07, 6.45) is 14.4. The molecule has 4 bridgehead atoms. The van der Waals surface area contributed by atoms with Crippen LogP contribution in [0.15, 0.2) is 11.1 Å². The molecule has 0 atom stereocenters. The molecule has 2 nitrogen and oxygen atoms in total. The highest BCUT2D eigenvalue weighted by molar-refractivity contribution is 5.77. The number of rotatable bonds is 2. The summed E-state index contributed by atoms with van der Waals surface area (Å²) in [6, 6.07) is 0. The molecule has 0 aromatic carbocycles. The first-order valence-corrected chi connectivity index (χ1v) is 9.67. The summed E-state index contributed by atoms with van der Waals surface area (Å²) in [5, 5.41) is 0. The third-order valence-electron chi connectivity index (χ3n) is 7.41. The summed E-state index contributed by atoms with van der Waals surface area (Å²) in [5.41, 5.74) is 3.83. The van der Waals surface area contributed by atoms with E-state index in [0.29, 0.717) is 11.3 Å². The lowest BCUT2D eigenvalue weighted by Crippen LogP contribution is -2.49. The zero-order valence-corrected chi connectivity index (χ0v) is 13.8. The standard InChI is InChI=1S/C20H29NO/c22-19(21-5-3-18(4-6-21)17-1-2-17)13-20-10-14-7-15(11-20)9-16(8-14)12-20/h14-16H,1-13H2. The van der Waals surface area contributed by atoms with Crippen molar-refractivity contribution in [1.29, 1.82) is 0 Å². The van der Waals surface area contributed by atoms with Crippen molar-refractivity contribution in [1.82, 2.24) is 4.90 Å². The Morgan fingerprint density at radius 3 is 1.86 bits per heavy atom. The van der Waals surface area contributed by atoms with E-state index in [0.717, 1.165) is 37.3 Å². The van der Waals surface area contributed by atoms with Gasteiger partial charge in [0.15, 0.2) is 0 Å². The van der Waals surface area contributed by atoms with Crippen molar-refractivity contribution in [3.8, 4) is 0 Å². The topological polar surface area (TPSA) is 20.3 Å². The Bertz CT molecular complexity index is 481. The van der Waals surface area contributed by atoms with E-state index in [9.17, 15) is 4.79 Å². The van der Waals surface area contributed by atoms with Crippen molar-refractivity contribution >= 4 is 5.91 Å². The van der Waals surface area contributed by atoms with Crippen LogP contribution in [0.5, 0.6) is 0 Å². The molecule has 1 amide bonds. The van der Waals surface area contributed by atoms with Gasteiger partial charge in [0, 0.05) is 19.5 Å². The second-order valence-electron chi connectivity index (χ2n) is 9.18. The predicted octanol–water partition coefficient (Wildman–Crippen LogP) is 4.31. The van der Waals surface area contributed by atoms with E-state index in [1.54, 1.807) is 11.1 Å². The summed E-state index contributed by atoms with van der Waals surface area (Å²) >= 11 is 0. The molecule has 0 unspecified atom stereocenters. The largest absolute Gasteiger partial charge is 0.342 e. The van der Waals surface area contributed by atoms with Gasteiger partial charge in [-0.2, -0.15) is 0 Å². The number of likely N-dealkylation sites (tertiary alicyclic amines) is 1. The molecule has 0 spiro atoms. The highest BCUT2D eigenvalue weighted by atomic mass is 16.2. The highest BCUT2D eigenvalue weighted by Gasteiger charge is 2.51. The molecule has 0 N–H and O–H groups in total. The first-order valence-electron chi connectivity index (χ1n) is 9.67. The molecule has 0 radical (unpaired) electrons. The Morgan fingerprint density at radius 2 is 1.36 bits per heavy atom. The van der Waals surface area contributed by atoms with Crippen LogP contribution in [0.1, 0.15) is 70.6 Å². The molecule has 120 valence electrons. The smallest absolute Gasteiger partial charge is 0.223 e. The number of carbonyl (C=O) groups is 1. The van der Waals surface area contributed by atoms with Crippen LogP contribution in [0.25, 0.3) is 0 Å². The van der Waals surface area contributed by atoms with Crippen molar-refractivity contribution in [2.24, 2.45) is 23.2 Å². The number of hydrogen-bond donors (Lipinski definition) is 0. The fraction of sp³-hybridized carbons (Fsp3) is 0.850. The van der Waals surface area contributed by atoms with E-state index in [1.165, 1.54) is 64.2 Å². The van der Waals surface area contributed by atoms with Gasteiger partial charge >= 0.3 is 0 Å². The van der Waals surface area contributed by atoms with Gasteiger partial charge in [0.1, 0.15) is 0 Å². The van der Waals surface area contributed by atoms with Gasteiger partial charge < -0.3 is 4.90 Å². The Labute approximate surface area is 134 Å². The number of carbonyl (C=O) groups excluding carboxylic acids is 1. The van der Waals surface area contributed by atoms with Crippen LogP contribution in [0.2, 0.25) is 0 Å². The van der Waals surface area contributed by atoms with Crippen LogP contribution in [0, 0.1) is 23.2 Å². The van der Waals surface area contributed by atoms with Crippen LogP contribution in [0.3, 0.4) is 0 Å². The van der Waals surface area contributed by atoms with E-state index < -0.39 is 0 Å². The van der Waals surface area contributed by atoms with Crippen LogP contribution in [-0.2, 0) is 4.79 Å². The third kappa shape index (κ3) is 2.34. The first kappa shape index (κ1) is 13.6. The predicted molar refractivity (Wildman–Crippen MR) is 87.3 cm³/mol. The molecule has 0 aromatic rings. The second-order valence-corrected chi connectivity index (χ2v) is 9.18. The Morgan fingerprint density at radius 1 is 0.864 bits per heavy atom. The van der Waals surface area contributed by atoms with Crippen molar-refractivity contribution in [3.63, 3.8) is 0 Å². The average Bonchev–Trinajstić information content (AvgIpc) is 3.30. The molecule has 22 heavy (non-hydrogen) atoms. The molecule has 1 aliphatic heterocycles. The lowest BCUT2D eigenvalue weighted by atomic mass is 9.49. The summed E-state index contributed by atoms with van der Waals surface area (Å²) in [4.78, 5) is 15.1. The van der Waals surface area contributed by atoms with Gasteiger partial charge in [-0.15, -0.1) is 0 Å². The number of nitrogens with zero attached hydrogens (tertiary/aromatic N) is 1. The first-order chi connectivity index (χ1) is 10.7. The third-order valence-corrected chi connectivity index (χ3v) is 7.41. The zero-order chi connectivity index (χ0) is 14.7. The minimum Gasteiger partial charge on any atom is -0.342 e. The molecular weight excluding hydrogens is 270 g/mol. The molecule has 6 aliphatic rings. The van der Waals surface area contributed by atoms with E-state index in [4.69, 9.17) is 0 Å². The molecule has 6 fully saturated rings. The van der Waals surface area contributed by atoms with Crippen LogP contribution in [0.4, 0.5) is 0 Å². The fourth-order valence-electron chi connectivity index (χ4n) is 6.73. The maximum Gasteiger partial charge on any atom is 0.223 e. The Hall–Kier alpha value is -0.790. The van der Waals surface area contributed by atoms with Gasteiger partial charge in [0.05, 0.1) is 0 Å². The normalized spacial score (nSPS) is 42.9. The zero-order valence-electron chi connectivity index (χ0n) is 13.8. The minimum absolute atomic E-state index is 0.418. The number of hydrogen-bond acceptors (Lipinski definition) is 1. The van der Waals surface area contributed by atoms with Crippen molar-refractivity contribution in [2.75, 3.05) is 13.1 Å². The number of amides is 1. The van der Waals surface area contributed by atoms with Crippen molar-refractivity contribution < 1.29 is 4.79 Å². The van der Waals surface area contributed by atoms with Crippen LogP contribution >= 0.6 is 0 Å². The molecule has 2 heteroatoms. The van der Waals surface area contributed by atoms with Crippen molar-refractivity contribution in [2.45, 2.75) is 70.6 Å². The quantitative estimate of drug-likeness (QED) is 0.696. The molecule has 5 saturated carbocycles. The van der Waals surface area contributed by atoms with E-state index in [2.05, 4.69) is 4.90 Å². The summed E-state index contributed by atoms with van der Waals surface area (Å²) in [6.45, 7) is 2.01. The van der Waals surface area contributed by atoms with Gasteiger partial charge in [0.2, 0.25) is 5.91 Å². The average molecular weight is 299 g/mol. The molecule has 5 aliphatic carbocycles. The monoisotopic (exact) mass is 299 g/mol. The number of allylic oxidation sites excluding steroid dienone is 1. The van der Waals surface area contributed by atoms with Crippen LogP contribution < -0.4 is 0 Å². The van der Waals surface area contributed by atoms with E-state index in [1.807, 2.05) is 0 Å². The molecule has 1 heterocycles. The Balaban J connectivity index is 1.24. The maximum atomic E-state index is 12.9. The second kappa shape index (κ2) is 4.85. The maximum absolute atomic E-state index is 12.9. The minimum atomic E-state index is 0.418. The lowest BCUT2D eigenvalue weighted by molar-refractivity contribution is -0.140. The van der Waals surface area contributed by atoms with Gasteiger partial charge in [-0.3, -0.25) is 4.79 Å².